The van der Waals surface area contributed by atoms with Gasteiger partial charge in [0.2, 0.25) is 0 Å². The maximum Gasteiger partial charge on any atom is 0.150 e. The van der Waals surface area contributed by atoms with Crippen molar-refractivity contribution in [1.82, 2.24) is 10.2 Å². The molecule has 1 unspecified atom stereocenters. The Morgan fingerprint density at radius 3 is 3.00 bits per heavy atom. The highest BCUT2D eigenvalue weighted by Gasteiger charge is 2.35. The van der Waals surface area contributed by atoms with Crippen molar-refractivity contribution >= 4 is 12.1 Å². The Hall–Kier alpha value is -1.32. The number of rotatable bonds is 2. The van der Waals surface area contributed by atoms with Crippen molar-refractivity contribution in [2.45, 2.75) is 44.2 Å². The van der Waals surface area contributed by atoms with Crippen LogP contribution in [-0.2, 0) is 0 Å². The summed E-state index contributed by atoms with van der Waals surface area (Å²) in [7, 11) is 0. The average molecular weight is 246 g/mol. The molecular weight excluding hydrogens is 224 g/mol. The molecule has 0 saturated heterocycles. The van der Waals surface area contributed by atoms with Crippen LogP contribution >= 0.6 is 0 Å². The van der Waals surface area contributed by atoms with E-state index < -0.39 is 0 Å². The van der Waals surface area contributed by atoms with Gasteiger partial charge in [-0.3, -0.25) is 10.4 Å². The Kier molecular flexibility index (Phi) is 3.10. The Balaban J connectivity index is 1.59. The minimum Gasteiger partial charge on any atom is -0.366 e. The summed E-state index contributed by atoms with van der Waals surface area (Å²) in [6.07, 6.45) is 13.3. The Labute approximate surface area is 109 Å². The maximum absolute atomic E-state index is 8.31. The normalized spacial score (nSPS) is 31.2. The number of nitrogens with one attached hydrogen (secondary N) is 2. The van der Waals surface area contributed by atoms with Crippen molar-refractivity contribution in [1.29, 1.82) is 5.41 Å². The predicted octanol–water partition coefficient (Wildman–Crippen LogP) is 2.13. The molecular formula is C14H22N4. The van der Waals surface area contributed by atoms with Gasteiger partial charge in [0, 0.05) is 19.1 Å². The lowest BCUT2D eigenvalue weighted by Gasteiger charge is -2.37. The van der Waals surface area contributed by atoms with Crippen LogP contribution in [0.4, 0.5) is 0 Å². The molecule has 2 heterocycles. The maximum atomic E-state index is 8.31. The lowest BCUT2D eigenvalue weighted by Crippen LogP contribution is -2.53. The van der Waals surface area contributed by atoms with Crippen LogP contribution in [-0.4, -0.2) is 35.7 Å². The third kappa shape index (κ3) is 2.28. The zero-order valence-electron chi connectivity index (χ0n) is 10.9. The first kappa shape index (κ1) is 11.8. The molecule has 0 amide bonds. The fourth-order valence-electron chi connectivity index (χ4n) is 3.28. The van der Waals surface area contributed by atoms with E-state index in [1.54, 1.807) is 0 Å². The van der Waals surface area contributed by atoms with Gasteiger partial charge in [0.15, 0.2) is 0 Å². The molecule has 98 valence electrons. The molecule has 2 aliphatic heterocycles. The van der Waals surface area contributed by atoms with Gasteiger partial charge < -0.3 is 10.2 Å². The van der Waals surface area contributed by atoms with Gasteiger partial charge in [0.25, 0.3) is 0 Å². The molecule has 0 bridgehead atoms. The lowest BCUT2D eigenvalue weighted by atomic mass is 10.0. The summed E-state index contributed by atoms with van der Waals surface area (Å²) in [5, 5.41) is 11.6. The summed E-state index contributed by atoms with van der Waals surface area (Å²) in [6, 6.07) is 0. The Morgan fingerprint density at radius 2 is 2.28 bits per heavy atom. The molecule has 4 heteroatoms. The van der Waals surface area contributed by atoms with Gasteiger partial charge in [-0.05, 0) is 12.1 Å². The van der Waals surface area contributed by atoms with Gasteiger partial charge in [-0.25, -0.2) is 0 Å². The van der Waals surface area contributed by atoms with E-state index in [1.165, 1.54) is 25.7 Å². The van der Waals surface area contributed by atoms with Gasteiger partial charge in [-0.1, -0.05) is 31.8 Å². The SMILES string of the molecule is N=C(CC1CCCC1)N1CC=NC2(CC=CN2)C1. The summed E-state index contributed by atoms with van der Waals surface area (Å²) in [5.41, 5.74) is -0.180. The second-order valence-corrected chi connectivity index (χ2v) is 5.78. The van der Waals surface area contributed by atoms with E-state index in [2.05, 4.69) is 21.3 Å². The Bertz CT molecular complexity index is 371. The number of amidine groups is 1. The summed E-state index contributed by atoms with van der Waals surface area (Å²) in [5.74, 6) is 1.56. The van der Waals surface area contributed by atoms with Crippen molar-refractivity contribution in [3.05, 3.63) is 12.3 Å². The number of aliphatic imine (C=N–C) groups is 1. The molecule has 1 fully saturated rings. The Morgan fingerprint density at radius 1 is 1.44 bits per heavy atom. The molecule has 2 N–H and O–H groups in total. The predicted molar refractivity (Wildman–Crippen MR) is 74.0 cm³/mol. The number of hydrogen-bond acceptors (Lipinski definition) is 3. The molecule has 4 nitrogen and oxygen atoms in total. The molecule has 3 aliphatic rings. The topological polar surface area (TPSA) is 51.5 Å². The summed E-state index contributed by atoms with van der Waals surface area (Å²) in [6.45, 7) is 1.64. The summed E-state index contributed by atoms with van der Waals surface area (Å²) >= 11 is 0. The van der Waals surface area contributed by atoms with E-state index in [1.807, 2.05) is 12.4 Å². The van der Waals surface area contributed by atoms with E-state index in [0.717, 1.165) is 37.7 Å². The first-order valence-electron chi connectivity index (χ1n) is 7.06. The first-order chi connectivity index (χ1) is 8.77. The monoisotopic (exact) mass is 246 g/mol. The fourth-order valence-corrected chi connectivity index (χ4v) is 3.28. The molecule has 0 radical (unpaired) electrons. The average Bonchev–Trinajstić information content (AvgIpc) is 3.02. The molecule has 1 saturated carbocycles. The molecule has 1 aliphatic carbocycles. The molecule has 1 spiro atoms. The number of nitrogens with zero attached hydrogens (tertiary/aromatic N) is 2. The van der Waals surface area contributed by atoms with Gasteiger partial charge in [-0.2, -0.15) is 0 Å². The third-order valence-corrected chi connectivity index (χ3v) is 4.36. The van der Waals surface area contributed by atoms with Crippen LogP contribution in [0.5, 0.6) is 0 Å². The van der Waals surface area contributed by atoms with Crippen LogP contribution in [0.15, 0.2) is 17.3 Å². The number of hydrogen-bond donors (Lipinski definition) is 2. The highest BCUT2D eigenvalue weighted by atomic mass is 15.3. The van der Waals surface area contributed by atoms with Crippen LogP contribution < -0.4 is 5.32 Å². The second kappa shape index (κ2) is 4.75. The largest absolute Gasteiger partial charge is 0.366 e. The van der Waals surface area contributed by atoms with E-state index >= 15 is 0 Å². The van der Waals surface area contributed by atoms with E-state index in [4.69, 9.17) is 5.41 Å². The smallest absolute Gasteiger partial charge is 0.150 e. The zero-order valence-corrected chi connectivity index (χ0v) is 10.9. The van der Waals surface area contributed by atoms with Crippen molar-refractivity contribution < 1.29 is 0 Å². The second-order valence-electron chi connectivity index (χ2n) is 5.78. The zero-order chi connectivity index (χ0) is 12.4. The standard InChI is InChI=1S/C14H22N4/c15-13(10-12-4-1-2-5-12)18-9-8-17-14(11-18)6-3-7-16-14/h3,7-8,12,15-16H,1-2,4-6,9-11H2. The van der Waals surface area contributed by atoms with Crippen molar-refractivity contribution in [2.24, 2.45) is 10.9 Å². The molecule has 0 aromatic heterocycles. The van der Waals surface area contributed by atoms with E-state index in [9.17, 15) is 0 Å². The minimum atomic E-state index is -0.180. The fraction of sp³-hybridized carbons (Fsp3) is 0.714. The molecule has 3 rings (SSSR count). The summed E-state index contributed by atoms with van der Waals surface area (Å²) in [4.78, 5) is 6.77. The highest BCUT2D eigenvalue weighted by molar-refractivity contribution is 5.82. The minimum absolute atomic E-state index is 0.180. The molecule has 1 atom stereocenters. The van der Waals surface area contributed by atoms with Gasteiger partial charge in [0.1, 0.15) is 5.66 Å². The highest BCUT2D eigenvalue weighted by Crippen LogP contribution is 2.29. The molecule has 0 aromatic rings. The van der Waals surface area contributed by atoms with Crippen molar-refractivity contribution in [2.75, 3.05) is 13.1 Å². The van der Waals surface area contributed by atoms with E-state index in [0.29, 0.717) is 0 Å². The van der Waals surface area contributed by atoms with Gasteiger partial charge >= 0.3 is 0 Å². The van der Waals surface area contributed by atoms with Crippen LogP contribution in [0.1, 0.15) is 38.5 Å². The van der Waals surface area contributed by atoms with Crippen LogP contribution in [0.3, 0.4) is 0 Å². The van der Waals surface area contributed by atoms with Gasteiger partial charge in [-0.15, -0.1) is 0 Å². The summed E-state index contributed by atoms with van der Waals surface area (Å²) < 4.78 is 0. The van der Waals surface area contributed by atoms with Crippen LogP contribution in [0, 0.1) is 11.3 Å². The molecule has 18 heavy (non-hydrogen) atoms. The lowest BCUT2D eigenvalue weighted by molar-refractivity contribution is 0.281. The third-order valence-electron chi connectivity index (χ3n) is 4.36. The van der Waals surface area contributed by atoms with Crippen LogP contribution in [0.25, 0.3) is 0 Å². The first-order valence-corrected chi connectivity index (χ1v) is 7.06. The van der Waals surface area contributed by atoms with Gasteiger partial charge in [0.05, 0.1) is 18.9 Å². The van der Waals surface area contributed by atoms with Crippen molar-refractivity contribution in [3.63, 3.8) is 0 Å². The van der Waals surface area contributed by atoms with Crippen LogP contribution in [0.2, 0.25) is 0 Å². The van der Waals surface area contributed by atoms with Crippen molar-refractivity contribution in [3.8, 4) is 0 Å². The quantitative estimate of drug-likeness (QED) is 0.579. The molecule has 0 aromatic carbocycles. The van der Waals surface area contributed by atoms with E-state index in [-0.39, 0.29) is 5.66 Å².